The second-order valence-corrected chi connectivity index (χ2v) is 14.1. The van der Waals surface area contributed by atoms with E-state index in [-0.39, 0.29) is 6.10 Å². The molecule has 4 heteroatoms. The van der Waals surface area contributed by atoms with E-state index in [2.05, 4.69) is 24.0 Å². The first-order valence-corrected chi connectivity index (χ1v) is 19.4. The van der Waals surface area contributed by atoms with Crippen molar-refractivity contribution in [1.82, 2.24) is 0 Å². The summed E-state index contributed by atoms with van der Waals surface area (Å²) in [7, 11) is 0. The zero-order valence-electron chi connectivity index (χ0n) is 7.15. The number of benzene rings is 1. The molecule has 0 spiro atoms. The molecule has 1 aromatic rings. The first-order chi connectivity index (χ1) is 6.42. The molecule has 0 bridgehead atoms. The molecule has 2 atom stereocenters. The minimum atomic E-state index is -0.927. The quantitative estimate of drug-likeness (QED) is 0.532. The number of hydrogen-bond acceptors (Lipinski definition) is 2. The molecule has 0 N–H and O–H groups in total. The maximum absolute atomic E-state index is 5.27. The Hall–Kier alpha value is 0.555. The summed E-state index contributed by atoms with van der Waals surface area (Å²) in [6.45, 7) is 0.770. The van der Waals surface area contributed by atoms with Crippen LogP contribution in [0.4, 0.5) is 0 Å². The van der Waals surface area contributed by atoms with Gasteiger partial charge in [0.25, 0.3) is 0 Å². The van der Waals surface area contributed by atoms with E-state index in [0.29, 0.717) is 3.43 Å². The Bertz CT molecular complexity index is 268. The monoisotopic (exact) mass is 430 g/mol. The van der Waals surface area contributed by atoms with Crippen molar-refractivity contribution in [2.75, 3.05) is 6.61 Å². The van der Waals surface area contributed by atoms with Gasteiger partial charge in [0.05, 0.1) is 0 Å². The Labute approximate surface area is 95.2 Å². The first kappa shape index (κ1) is 10.1. The summed E-state index contributed by atoms with van der Waals surface area (Å²) in [4.78, 5) is 10.3. The molecule has 13 heavy (non-hydrogen) atoms. The summed E-state index contributed by atoms with van der Waals surface area (Å²) < 4.78 is 0.641. The van der Waals surface area contributed by atoms with Gasteiger partial charge >= 0.3 is 95.9 Å². The van der Waals surface area contributed by atoms with Gasteiger partial charge in [-0.25, -0.2) is 0 Å². The molecule has 1 aliphatic heterocycles. The molecule has 66 valence electrons. The van der Waals surface area contributed by atoms with Crippen LogP contribution in [0.25, 0.3) is 0 Å². The van der Waals surface area contributed by atoms with Crippen LogP contribution in [-0.4, -0.2) is 6.61 Å². The van der Waals surface area contributed by atoms with Crippen molar-refractivity contribution in [2.24, 2.45) is 0 Å². The Balaban J connectivity index is 2.16. The summed E-state index contributed by atoms with van der Waals surface area (Å²) in [6.07, 6.45) is 0.183. The van der Waals surface area contributed by atoms with Crippen LogP contribution in [0.3, 0.4) is 0 Å². The fraction of sp³-hybridized carbons (Fsp3) is 0.333. The van der Waals surface area contributed by atoms with Crippen LogP contribution < -0.4 is 0 Å². The second-order valence-electron chi connectivity index (χ2n) is 3.13. The van der Waals surface area contributed by atoms with Crippen molar-refractivity contribution < 1.29 is 31.9 Å². The van der Waals surface area contributed by atoms with Gasteiger partial charge in [-0.15, -0.1) is 0 Å². The van der Waals surface area contributed by atoms with Crippen LogP contribution >= 0.6 is 11.9 Å². The van der Waals surface area contributed by atoms with Crippen LogP contribution in [0.5, 0.6) is 0 Å². The van der Waals surface area contributed by atoms with Gasteiger partial charge in [-0.1, -0.05) is 0 Å². The summed E-state index contributed by atoms with van der Waals surface area (Å²) in [5.74, 6) is 0. The van der Waals surface area contributed by atoms with Crippen molar-refractivity contribution in [1.29, 1.82) is 0 Å². The SMILES string of the molecule is [Br][Hg][C@H]1COO[C@@H]1c1ccccc1. The summed E-state index contributed by atoms with van der Waals surface area (Å²) in [5.41, 5.74) is 1.24. The van der Waals surface area contributed by atoms with Gasteiger partial charge in [0.15, 0.2) is 0 Å². The van der Waals surface area contributed by atoms with Gasteiger partial charge < -0.3 is 0 Å². The molecule has 0 unspecified atom stereocenters. The van der Waals surface area contributed by atoms with Crippen LogP contribution in [0, 0.1) is 0 Å². The normalized spacial score (nSPS) is 27.2. The third-order valence-corrected chi connectivity index (χ3v) is 13.6. The molecule has 0 amide bonds. The van der Waals surface area contributed by atoms with Crippen molar-refractivity contribution in [2.45, 2.75) is 9.53 Å². The van der Waals surface area contributed by atoms with E-state index in [0.717, 1.165) is 6.61 Å². The van der Waals surface area contributed by atoms with Gasteiger partial charge in [-0.2, -0.15) is 0 Å². The first-order valence-electron chi connectivity index (χ1n) is 4.31. The summed E-state index contributed by atoms with van der Waals surface area (Å²) in [5, 5.41) is 0. The van der Waals surface area contributed by atoms with Crippen molar-refractivity contribution in [3.05, 3.63) is 35.9 Å². The van der Waals surface area contributed by atoms with Crippen molar-refractivity contribution >= 4 is 11.9 Å². The van der Waals surface area contributed by atoms with Gasteiger partial charge in [-0.3, -0.25) is 0 Å². The third kappa shape index (κ3) is 2.32. The molecular formula is C9H9BrHgO2. The third-order valence-electron chi connectivity index (χ3n) is 2.21. The van der Waals surface area contributed by atoms with Crippen LogP contribution in [-0.2, 0) is 31.9 Å². The van der Waals surface area contributed by atoms with Gasteiger partial charge in [0, 0.05) is 0 Å². The Morgan fingerprint density at radius 1 is 1.31 bits per heavy atom. The Kier molecular flexibility index (Phi) is 3.78. The average Bonchev–Trinajstić information content (AvgIpc) is 2.67. The minimum absolute atomic E-state index is 0.183. The van der Waals surface area contributed by atoms with E-state index in [1.807, 2.05) is 18.2 Å². The van der Waals surface area contributed by atoms with Crippen LogP contribution in [0.15, 0.2) is 30.3 Å². The molecule has 1 aliphatic rings. The fourth-order valence-electron chi connectivity index (χ4n) is 1.46. The molecular weight excluding hydrogens is 421 g/mol. The molecule has 2 nitrogen and oxygen atoms in total. The summed E-state index contributed by atoms with van der Waals surface area (Å²) >= 11 is 2.75. The van der Waals surface area contributed by atoms with Crippen molar-refractivity contribution in [3.63, 3.8) is 0 Å². The topological polar surface area (TPSA) is 18.5 Å². The maximum atomic E-state index is 5.27. The standard InChI is InChI=1S/C9H9O2.BrH.Hg/c1-2-4-8(5-3-1)9-6-7-10-11-9;;/h1-6,9H,7H2;1H;/q;;+1/p-1/t9-;;/m0../s1. The number of hydrogen-bond donors (Lipinski definition) is 0. The molecule has 0 aliphatic carbocycles. The molecule has 1 fully saturated rings. The Morgan fingerprint density at radius 3 is 2.77 bits per heavy atom. The number of halogens is 1. The molecule has 1 saturated heterocycles. The van der Waals surface area contributed by atoms with E-state index < -0.39 is 22.1 Å². The second kappa shape index (κ2) is 4.87. The molecule has 1 heterocycles. The van der Waals surface area contributed by atoms with Gasteiger partial charge in [0.1, 0.15) is 0 Å². The van der Waals surface area contributed by atoms with Gasteiger partial charge in [-0.05, 0) is 0 Å². The van der Waals surface area contributed by atoms with E-state index in [1.165, 1.54) is 5.56 Å². The Morgan fingerprint density at radius 2 is 2.08 bits per heavy atom. The number of rotatable bonds is 2. The molecule has 0 radical (unpaired) electrons. The zero-order valence-corrected chi connectivity index (χ0v) is 14.2. The predicted octanol–water partition coefficient (Wildman–Crippen LogP) is 2.87. The zero-order chi connectivity index (χ0) is 9.10. The van der Waals surface area contributed by atoms with Crippen LogP contribution in [0.2, 0.25) is 3.43 Å². The van der Waals surface area contributed by atoms with Crippen LogP contribution in [0.1, 0.15) is 11.7 Å². The fourth-order valence-corrected chi connectivity index (χ4v) is 8.79. The molecule has 1 aromatic carbocycles. The molecule has 2 rings (SSSR count). The van der Waals surface area contributed by atoms with E-state index in [1.54, 1.807) is 0 Å². The van der Waals surface area contributed by atoms with Crippen molar-refractivity contribution in [3.8, 4) is 0 Å². The predicted molar refractivity (Wildman–Crippen MR) is 48.9 cm³/mol. The van der Waals surface area contributed by atoms with E-state index >= 15 is 0 Å². The molecule has 0 aromatic heterocycles. The van der Waals surface area contributed by atoms with Gasteiger partial charge in [0.2, 0.25) is 0 Å². The van der Waals surface area contributed by atoms with E-state index in [4.69, 9.17) is 9.78 Å². The van der Waals surface area contributed by atoms with E-state index in [9.17, 15) is 0 Å². The molecule has 0 saturated carbocycles. The summed E-state index contributed by atoms with van der Waals surface area (Å²) in [6, 6.07) is 10.3. The average molecular weight is 430 g/mol.